The zero-order valence-corrected chi connectivity index (χ0v) is 14.2. The summed E-state index contributed by atoms with van der Waals surface area (Å²) in [4.78, 5) is 20.7. The van der Waals surface area contributed by atoms with Crippen molar-refractivity contribution in [2.75, 3.05) is 37.0 Å². The molecule has 0 aliphatic carbocycles. The lowest BCUT2D eigenvalue weighted by Gasteiger charge is -2.19. The molecule has 1 amide bonds. The number of amides is 1. The summed E-state index contributed by atoms with van der Waals surface area (Å²) in [5, 5.41) is 6.01. The van der Waals surface area contributed by atoms with Crippen LogP contribution in [0.3, 0.4) is 0 Å². The van der Waals surface area contributed by atoms with E-state index in [9.17, 15) is 4.79 Å². The van der Waals surface area contributed by atoms with Gasteiger partial charge in [0.15, 0.2) is 11.5 Å². The van der Waals surface area contributed by atoms with Crippen LogP contribution in [0.4, 0.5) is 11.5 Å². The van der Waals surface area contributed by atoms with Gasteiger partial charge in [-0.3, -0.25) is 4.79 Å². The molecular formula is C18H20N4O4. The van der Waals surface area contributed by atoms with Crippen LogP contribution < -0.4 is 20.1 Å². The lowest BCUT2D eigenvalue weighted by molar-refractivity contribution is 0.102. The number of nitrogens with one attached hydrogen (secondary N) is 2. The smallest absolute Gasteiger partial charge is 0.274 e. The fourth-order valence-corrected chi connectivity index (χ4v) is 2.92. The van der Waals surface area contributed by atoms with Gasteiger partial charge in [0.25, 0.3) is 5.91 Å². The topological polar surface area (TPSA) is 94.6 Å². The number of benzene rings is 1. The molecule has 0 saturated carbocycles. The largest absolute Gasteiger partial charge is 0.486 e. The third-order valence-corrected chi connectivity index (χ3v) is 4.23. The molecule has 0 radical (unpaired) electrons. The average Bonchev–Trinajstić information content (AvgIpc) is 3.20. The Morgan fingerprint density at radius 1 is 1.12 bits per heavy atom. The summed E-state index contributed by atoms with van der Waals surface area (Å²) in [6.45, 7) is 2.50. The summed E-state index contributed by atoms with van der Waals surface area (Å²) in [5.74, 6) is 1.58. The molecule has 4 rings (SSSR count). The van der Waals surface area contributed by atoms with Gasteiger partial charge in [0, 0.05) is 31.0 Å². The first-order valence-electron chi connectivity index (χ1n) is 8.66. The normalized spacial score (nSPS) is 18.4. The van der Waals surface area contributed by atoms with Crippen LogP contribution in [0.2, 0.25) is 0 Å². The van der Waals surface area contributed by atoms with E-state index in [4.69, 9.17) is 14.2 Å². The first kappa shape index (κ1) is 16.6. The first-order valence-corrected chi connectivity index (χ1v) is 8.66. The molecule has 2 aromatic rings. The molecule has 1 aromatic carbocycles. The van der Waals surface area contributed by atoms with Crippen molar-refractivity contribution < 1.29 is 19.0 Å². The van der Waals surface area contributed by atoms with Crippen molar-refractivity contribution >= 4 is 17.4 Å². The van der Waals surface area contributed by atoms with Gasteiger partial charge in [-0.1, -0.05) is 0 Å². The van der Waals surface area contributed by atoms with E-state index in [0.29, 0.717) is 42.8 Å². The highest BCUT2D eigenvalue weighted by Crippen LogP contribution is 2.32. The van der Waals surface area contributed by atoms with E-state index in [0.717, 1.165) is 19.4 Å². The van der Waals surface area contributed by atoms with Gasteiger partial charge in [0.2, 0.25) is 0 Å². The predicted molar refractivity (Wildman–Crippen MR) is 94.9 cm³/mol. The Balaban J connectivity index is 1.40. The molecule has 8 heteroatoms. The number of aromatic nitrogens is 2. The van der Waals surface area contributed by atoms with Gasteiger partial charge in [0.05, 0.1) is 6.10 Å². The van der Waals surface area contributed by atoms with Crippen LogP contribution in [0, 0.1) is 0 Å². The highest BCUT2D eigenvalue weighted by atomic mass is 16.6. The SMILES string of the molecule is O=C(Nc1ccc2c(c1)OCCO2)c1cc(NCC2CCCO2)ncn1. The average molecular weight is 356 g/mol. The maximum atomic E-state index is 12.5. The van der Waals surface area contributed by atoms with Crippen LogP contribution in [0.5, 0.6) is 11.5 Å². The van der Waals surface area contributed by atoms with Crippen LogP contribution in [-0.2, 0) is 4.74 Å². The zero-order chi connectivity index (χ0) is 17.8. The molecule has 1 aromatic heterocycles. The van der Waals surface area contributed by atoms with Crippen LogP contribution in [0.25, 0.3) is 0 Å². The second kappa shape index (κ2) is 7.57. The van der Waals surface area contributed by atoms with Crippen molar-refractivity contribution in [3.8, 4) is 11.5 Å². The second-order valence-corrected chi connectivity index (χ2v) is 6.12. The Morgan fingerprint density at radius 3 is 2.85 bits per heavy atom. The molecule has 26 heavy (non-hydrogen) atoms. The molecule has 8 nitrogen and oxygen atoms in total. The van der Waals surface area contributed by atoms with Gasteiger partial charge < -0.3 is 24.8 Å². The molecule has 1 saturated heterocycles. The van der Waals surface area contributed by atoms with E-state index in [2.05, 4.69) is 20.6 Å². The van der Waals surface area contributed by atoms with Crippen LogP contribution >= 0.6 is 0 Å². The molecular weight excluding hydrogens is 336 g/mol. The highest BCUT2D eigenvalue weighted by Gasteiger charge is 2.17. The van der Waals surface area contributed by atoms with Crippen molar-refractivity contribution in [2.24, 2.45) is 0 Å². The Hall–Kier alpha value is -2.87. The van der Waals surface area contributed by atoms with Gasteiger partial charge in [-0.05, 0) is 25.0 Å². The lowest BCUT2D eigenvalue weighted by atomic mass is 10.2. The summed E-state index contributed by atoms with van der Waals surface area (Å²) >= 11 is 0. The number of anilines is 2. The van der Waals surface area contributed by atoms with Gasteiger partial charge in [0.1, 0.15) is 31.1 Å². The van der Waals surface area contributed by atoms with Gasteiger partial charge in [-0.25, -0.2) is 9.97 Å². The Morgan fingerprint density at radius 2 is 2.00 bits per heavy atom. The molecule has 2 N–H and O–H groups in total. The fourth-order valence-electron chi connectivity index (χ4n) is 2.92. The molecule has 1 atom stereocenters. The van der Waals surface area contributed by atoms with Crippen molar-refractivity contribution in [1.82, 2.24) is 9.97 Å². The summed E-state index contributed by atoms with van der Waals surface area (Å²) < 4.78 is 16.6. The van der Waals surface area contributed by atoms with Crippen molar-refractivity contribution in [3.05, 3.63) is 36.3 Å². The lowest BCUT2D eigenvalue weighted by Crippen LogP contribution is -2.20. The summed E-state index contributed by atoms with van der Waals surface area (Å²) in [6, 6.07) is 6.91. The van der Waals surface area contributed by atoms with Gasteiger partial charge in [-0.15, -0.1) is 0 Å². The minimum atomic E-state index is -0.316. The molecule has 2 aliphatic heterocycles. The van der Waals surface area contributed by atoms with Crippen LogP contribution in [0.1, 0.15) is 23.3 Å². The van der Waals surface area contributed by atoms with E-state index in [1.165, 1.54) is 6.33 Å². The van der Waals surface area contributed by atoms with Gasteiger partial charge >= 0.3 is 0 Å². The number of carbonyl (C=O) groups excluding carboxylic acids is 1. The molecule has 2 aliphatic rings. The minimum Gasteiger partial charge on any atom is -0.486 e. The predicted octanol–water partition coefficient (Wildman–Crippen LogP) is 2.09. The standard InChI is InChI=1S/C18H20N4O4/c23-18(22-12-3-4-15-16(8-12)26-7-6-25-15)14-9-17(21-11-20-14)19-10-13-2-1-5-24-13/h3-4,8-9,11,13H,1-2,5-7,10H2,(H,22,23)(H,19,20,21). The van der Waals surface area contributed by atoms with E-state index < -0.39 is 0 Å². The first-order chi connectivity index (χ1) is 12.8. The molecule has 3 heterocycles. The van der Waals surface area contributed by atoms with E-state index in [1.54, 1.807) is 24.3 Å². The highest BCUT2D eigenvalue weighted by molar-refractivity contribution is 6.03. The third-order valence-electron chi connectivity index (χ3n) is 4.23. The third kappa shape index (κ3) is 3.85. The van der Waals surface area contributed by atoms with E-state index >= 15 is 0 Å². The monoisotopic (exact) mass is 356 g/mol. The van der Waals surface area contributed by atoms with Crippen LogP contribution in [-0.4, -0.2) is 48.3 Å². The number of nitrogens with zero attached hydrogens (tertiary/aromatic N) is 2. The summed E-state index contributed by atoms with van der Waals surface area (Å²) in [6.07, 6.45) is 3.69. The molecule has 1 unspecified atom stereocenters. The molecule has 136 valence electrons. The quantitative estimate of drug-likeness (QED) is 0.847. The van der Waals surface area contributed by atoms with Crippen molar-refractivity contribution in [1.29, 1.82) is 0 Å². The van der Waals surface area contributed by atoms with Gasteiger partial charge in [-0.2, -0.15) is 0 Å². The van der Waals surface area contributed by atoms with Crippen LogP contribution in [0.15, 0.2) is 30.6 Å². The maximum Gasteiger partial charge on any atom is 0.274 e. The summed E-state index contributed by atoms with van der Waals surface area (Å²) in [7, 11) is 0. The van der Waals surface area contributed by atoms with E-state index in [1.807, 2.05) is 0 Å². The molecule has 0 spiro atoms. The second-order valence-electron chi connectivity index (χ2n) is 6.12. The Labute approximate surface area is 150 Å². The van der Waals surface area contributed by atoms with Crippen molar-refractivity contribution in [3.63, 3.8) is 0 Å². The van der Waals surface area contributed by atoms with E-state index in [-0.39, 0.29) is 17.7 Å². The number of fused-ring (bicyclic) bond motifs is 1. The fraction of sp³-hybridized carbons (Fsp3) is 0.389. The summed E-state index contributed by atoms with van der Waals surface area (Å²) in [5.41, 5.74) is 0.899. The maximum absolute atomic E-state index is 12.5. The Kier molecular flexibility index (Phi) is 4.83. The number of hydrogen-bond acceptors (Lipinski definition) is 7. The molecule has 0 bridgehead atoms. The minimum absolute atomic E-state index is 0.194. The number of carbonyl (C=O) groups is 1. The Bertz CT molecular complexity index is 793. The molecule has 1 fully saturated rings. The van der Waals surface area contributed by atoms with Crippen molar-refractivity contribution in [2.45, 2.75) is 18.9 Å². The number of rotatable bonds is 5. The number of ether oxygens (including phenoxy) is 3. The number of hydrogen-bond donors (Lipinski definition) is 2. The zero-order valence-electron chi connectivity index (χ0n) is 14.2.